The summed E-state index contributed by atoms with van der Waals surface area (Å²) in [4.78, 5) is 20.4. The number of carboxylic acids is 1. The van der Waals surface area contributed by atoms with Crippen molar-refractivity contribution in [3.8, 4) is 0 Å². The number of aromatic nitrogens is 1. The van der Waals surface area contributed by atoms with Crippen LogP contribution in [0.4, 0.5) is 5.82 Å². The van der Waals surface area contributed by atoms with E-state index in [1.54, 1.807) is 0 Å². The van der Waals surface area contributed by atoms with Crippen LogP contribution in [0, 0.1) is 5.41 Å². The molecule has 0 bridgehead atoms. The summed E-state index contributed by atoms with van der Waals surface area (Å²) in [6.45, 7) is 3.70. The van der Waals surface area contributed by atoms with Crippen LogP contribution in [-0.2, 0) is 11.3 Å². The second kappa shape index (κ2) is 7.27. The Morgan fingerprint density at radius 1 is 1.48 bits per heavy atom. The minimum absolute atomic E-state index is 0.303. The zero-order chi connectivity index (χ0) is 17.0. The van der Waals surface area contributed by atoms with E-state index >= 15 is 0 Å². The molecule has 23 heavy (non-hydrogen) atoms. The number of pyridine rings is 1. The highest BCUT2D eigenvalue weighted by Gasteiger charge is 2.48. The second-order valence-corrected chi connectivity index (χ2v) is 6.70. The fourth-order valence-corrected chi connectivity index (χ4v) is 3.35. The van der Waals surface area contributed by atoms with E-state index in [0.29, 0.717) is 25.9 Å². The van der Waals surface area contributed by atoms with Crippen molar-refractivity contribution in [1.29, 1.82) is 0 Å². The highest BCUT2D eigenvalue weighted by Crippen LogP contribution is 2.36. The molecule has 0 aliphatic carbocycles. The SMILES string of the molecule is CCC[C@@]1(C(=O)O)CN(c2ccc(CN(C)C)cn2)CC[C@H]1O. The summed E-state index contributed by atoms with van der Waals surface area (Å²) < 4.78 is 0. The fourth-order valence-electron chi connectivity index (χ4n) is 3.35. The van der Waals surface area contributed by atoms with Gasteiger partial charge in [-0.05, 0) is 38.6 Å². The van der Waals surface area contributed by atoms with Crippen molar-refractivity contribution >= 4 is 11.8 Å². The molecule has 1 fully saturated rings. The lowest BCUT2D eigenvalue weighted by atomic mass is 9.74. The number of carbonyl (C=O) groups is 1. The van der Waals surface area contributed by atoms with Crippen LogP contribution in [-0.4, -0.2) is 59.4 Å². The number of aliphatic carboxylic acids is 1. The molecule has 0 unspecified atom stereocenters. The zero-order valence-corrected chi connectivity index (χ0v) is 14.2. The van der Waals surface area contributed by atoms with Crippen LogP contribution in [0.25, 0.3) is 0 Å². The third-order valence-electron chi connectivity index (χ3n) is 4.54. The summed E-state index contributed by atoms with van der Waals surface area (Å²) in [7, 11) is 4.01. The minimum atomic E-state index is -1.10. The molecule has 0 spiro atoms. The third kappa shape index (κ3) is 3.82. The van der Waals surface area contributed by atoms with Gasteiger partial charge in [-0.25, -0.2) is 4.98 Å². The Labute approximate surface area is 137 Å². The average Bonchev–Trinajstić information content (AvgIpc) is 2.50. The molecule has 0 amide bonds. The van der Waals surface area contributed by atoms with Crippen LogP contribution in [0.1, 0.15) is 31.7 Å². The summed E-state index contributed by atoms with van der Waals surface area (Å²) in [5.41, 5.74) is 0.0191. The van der Waals surface area contributed by atoms with Gasteiger partial charge in [0.25, 0.3) is 0 Å². The van der Waals surface area contributed by atoms with Gasteiger partial charge in [0.1, 0.15) is 11.2 Å². The van der Waals surface area contributed by atoms with Crippen molar-refractivity contribution in [2.24, 2.45) is 5.41 Å². The maximum absolute atomic E-state index is 11.8. The molecule has 6 heteroatoms. The number of carboxylic acid groups (broad SMARTS) is 1. The molecule has 0 radical (unpaired) electrons. The lowest BCUT2D eigenvalue weighted by molar-refractivity contribution is -0.158. The summed E-state index contributed by atoms with van der Waals surface area (Å²) in [6.07, 6.45) is 2.69. The zero-order valence-electron chi connectivity index (χ0n) is 14.2. The molecule has 2 atom stereocenters. The third-order valence-corrected chi connectivity index (χ3v) is 4.54. The number of hydrogen-bond acceptors (Lipinski definition) is 5. The van der Waals surface area contributed by atoms with Gasteiger partial charge in [0, 0.05) is 25.8 Å². The van der Waals surface area contributed by atoms with Crippen molar-refractivity contribution in [3.05, 3.63) is 23.9 Å². The van der Waals surface area contributed by atoms with Gasteiger partial charge in [0.05, 0.1) is 6.10 Å². The van der Waals surface area contributed by atoms with E-state index in [4.69, 9.17) is 0 Å². The molecular formula is C17H27N3O3. The molecule has 1 aromatic heterocycles. The highest BCUT2D eigenvalue weighted by atomic mass is 16.4. The number of hydrogen-bond donors (Lipinski definition) is 2. The van der Waals surface area contributed by atoms with Crippen molar-refractivity contribution in [3.63, 3.8) is 0 Å². The van der Waals surface area contributed by atoms with E-state index < -0.39 is 17.5 Å². The maximum Gasteiger partial charge on any atom is 0.314 e. The van der Waals surface area contributed by atoms with Gasteiger partial charge in [-0.3, -0.25) is 4.79 Å². The van der Waals surface area contributed by atoms with Crippen molar-refractivity contribution in [2.45, 2.75) is 38.8 Å². The van der Waals surface area contributed by atoms with E-state index in [-0.39, 0.29) is 0 Å². The smallest absolute Gasteiger partial charge is 0.314 e. The molecule has 2 heterocycles. The molecule has 6 nitrogen and oxygen atoms in total. The Morgan fingerprint density at radius 2 is 2.22 bits per heavy atom. The van der Waals surface area contributed by atoms with Crippen LogP contribution < -0.4 is 4.90 Å². The van der Waals surface area contributed by atoms with Crippen molar-refractivity contribution in [1.82, 2.24) is 9.88 Å². The Balaban J connectivity index is 2.18. The first kappa shape index (κ1) is 17.7. The molecule has 1 aliphatic heterocycles. The minimum Gasteiger partial charge on any atom is -0.481 e. The summed E-state index contributed by atoms with van der Waals surface area (Å²) >= 11 is 0. The lowest BCUT2D eigenvalue weighted by Gasteiger charge is -2.43. The highest BCUT2D eigenvalue weighted by molar-refractivity contribution is 5.77. The van der Waals surface area contributed by atoms with E-state index in [1.807, 2.05) is 44.2 Å². The molecule has 2 N–H and O–H groups in total. The first-order chi connectivity index (χ1) is 10.9. The predicted molar refractivity (Wildman–Crippen MR) is 89.4 cm³/mol. The molecule has 0 saturated carbocycles. The van der Waals surface area contributed by atoms with E-state index in [0.717, 1.165) is 24.3 Å². The first-order valence-electron chi connectivity index (χ1n) is 8.15. The van der Waals surface area contributed by atoms with Crippen LogP contribution in [0.3, 0.4) is 0 Å². The van der Waals surface area contributed by atoms with Gasteiger partial charge in [-0.2, -0.15) is 0 Å². The van der Waals surface area contributed by atoms with Crippen LogP contribution in [0.2, 0.25) is 0 Å². The molecule has 2 rings (SSSR count). The topological polar surface area (TPSA) is 76.9 Å². The van der Waals surface area contributed by atoms with E-state index in [1.165, 1.54) is 0 Å². The normalized spacial score (nSPS) is 24.9. The number of rotatable bonds is 6. The second-order valence-electron chi connectivity index (χ2n) is 6.70. The first-order valence-corrected chi connectivity index (χ1v) is 8.15. The lowest BCUT2D eigenvalue weighted by Crippen LogP contribution is -2.56. The molecule has 1 saturated heterocycles. The molecule has 128 valence electrons. The summed E-state index contributed by atoms with van der Waals surface area (Å²) in [6, 6.07) is 3.96. The Kier molecular flexibility index (Phi) is 5.59. The van der Waals surface area contributed by atoms with Crippen molar-refractivity contribution in [2.75, 3.05) is 32.1 Å². The van der Waals surface area contributed by atoms with Gasteiger partial charge in [-0.1, -0.05) is 19.4 Å². The van der Waals surface area contributed by atoms with Gasteiger partial charge >= 0.3 is 5.97 Å². The van der Waals surface area contributed by atoms with Crippen LogP contribution in [0.5, 0.6) is 0 Å². The summed E-state index contributed by atoms with van der Waals surface area (Å²) in [5, 5.41) is 20.0. The number of aliphatic hydroxyl groups excluding tert-OH is 1. The molecule has 1 aromatic rings. The van der Waals surface area contributed by atoms with Gasteiger partial charge < -0.3 is 20.0 Å². The quantitative estimate of drug-likeness (QED) is 0.828. The van der Waals surface area contributed by atoms with Gasteiger partial charge in [0.2, 0.25) is 0 Å². The molecule has 0 aromatic carbocycles. The fraction of sp³-hybridized carbons (Fsp3) is 0.647. The number of nitrogens with zero attached hydrogens (tertiary/aromatic N) is 3. The number of aliphatic hydroxyl groups is 1. The van der Waals surface area contributed by atoms with E-state index in [2.05, 4.69) is 9.88 Å². The van der Waals surface area contributed by atoms with Gasteiger partial charge in [-0.15, -0.1) is 0 Å². The average molecular weight is 321 g/mol. The van der Waals surface area contributed by atoms with Crippen LogP contribution >= 0.6 is 0 Å². The standard InChI is InChI=1S/C17H27N3O3/c1-4-8-17(16(22)23)12-20(9-7-14(17)21)15-6-5-13(10-18-15)11-19(2)3/h5-6,10,14,21H,4,7-9,11-12H2,1-3H3,(H,22,23)/t14-,17-/m1/s1. The summed E-state index contributed by atoms with van der Waals surface area (Å²) in [5.74, 6) is -0.137. The van der Waals surface area contributed by atoms with E-state index in [9.17, 15) is 15.0 Å². The number of piperidine rings is 1. The predicted octanol–water partition coefficient (Wildman–Crippen LogP) is 1.59. The Hall–Kier alpha value is -1.66. The van der Waals surface area contributed by atoms with Crippen LogP contribution in [0.15, 0.2) is 18.3 Å². The van der Waals surface area contributed by atoms with Gasteiger partial charge in [0.15, 0.2) is 0 Å². The maximum atomic E-state index is 11.8. The largest absolute Gasteiger partial charge is 0.481 e. The Bertz CT molecular complexity index is 532. The molecular weight excluding hydrogens is 294 g/mol. The Morgan fingerprint density at radius 3 is 2.74 bits per heavy atom. The van der Waals surface area contributed by atoms with Crippen molar-refractivity contribution < 1.29 is 15.0 Å². The number of anilines is 1. The monoisotopic (exact) mass is 321 g/mol. The molecule has 1 aliphatic rings.